The molecule has 2 N–H and O–H groups in total. The SMILES string of the molecule is CCN(CCOC)C(=O)Nc1ccc(C(=O)O)nc1. The largest absolute Gasteiger partial charge is 0.477 e. The Bertz CT molecular complexity index is 433. The summed E-state index contributed by atoms with van der Waals surface area (Å²) in [7, 11) is 1.57. The second-order valence-electron chi connectivity index (χ2n) is 3.74. The number of likely N-dealkylation sites (N-methyl/N-ethyl adjacent to an activating group) is 1. The molecule has 104 valence electrons. The number of methoxy groups -OCH3 is 1. The van der Waals surface area contributed by atoms with Crippen LogP contribution in [-0.4, -0.2) is 53.8 Å². The molecule has 1 aromatic heterocycles. The number of amides is 2. The minimum absolute atomic E-state index is 0.0651. The molecular formula is C12H17N3O4. The first kappa shape index (κ1) is 14.9. The predicted octanol–water partition coefficient (Wildman–Crippen LogP) is 1.28. The highest BCUT2D eigenvalue weighted by atomic mass is 16.5. The van der Waals surface area contributed by atoms with E-state index in [2.05, 4.69) is 10.3 Å². The number of aromatic nitrogens is 1. The van der Waals surface area contributed by atoms with E-state index in [0.29, 0.717) is 25.4 Å². The number of anilines is 1. The lowest BCUT2D eigenvalue weighted by Gasteiger charge is -2.20. The van der Waals surface area contributed by atoms with Gasteiger partial charge in [0.15, 0.2) is 0 Å². The van der Waals surface area contributed by atoms with Gasteiger partial charge < -0.3 is 20.1 Å². The fourth-order valence-electron chi connectivity index (χ4n) is 1.40. The average Bonchev–Trinajstić information content (AvgIpc) is 2.40. The first-order valence-corrected chi connectivity index (χ1v) is 5.82. The number of hydrogen-bond donors (Lipinski definition) is 2. The zero-order chi connectivity index (χ0) is 14.3. The van der Waals surface area contributed by atoms with Crippen LogP contribution in [0.2, 0.25) is 0 Å². The molecule has 1 rings (SSSR count). The molecule has 0 aliphatic carbocycles. The van der Waals surface area contributed by atoms with Crippen LogP contribution in [0.3, 0.4) is 0 Å². The predicted molar refractivity (Wildman–Crippen MR) is 69.3 cm³/mol. The number of carboxylic acid groups (broad SMARTS) is 1. The summed E-state index contributed by atoms with van der Waals surface area (Å²) in [5.74, 6) is -1.10. The van der Waals surface area contributed by atoms with E-state index >= 15 is 0 Å². The van der Waals surface area contributed by atoms with Crippen molar-refractivity contribution in [2.24, 2.45) is 0 Å². The molecule has 0 aliphatic rings. The lowest BCUT2D eigenvalue weighted by Crippen LogP contribution is -2.37. The van der Waals surface area contributed by atoms with E-state index in [9.17, 15) is 9.59 Å². The highest BCUT2D eigenvalue weighted by Gasteiger charge is 2.12. The maximum Gasteiger partial charge on any atom is 0.354 e. The van der Waals surface area contributed by atoms with E-state index in [0.717, 1.165) is 0 Å². The lowest BCUT2D eigenvalue weighted by molar-refractivity contribution is 0.0690. The Labute approximate surface area is 111 Å². The van der Waals surface area contributed by atoms with Gasteiger partial charge in [-0.1, -0.05) is 0 Å². The standard InChI is InChI=1S/C12H17N3O4/c1-3-15(6-7-19-2)12(18)14-9-4-5-10(11(16)17)13-8-9/h4-5,8H,3,6-7H2,1-2H3,(H,14,18)(H,16,17). The monoisotopic (exact) mass is 267 g/mol. The molecule has 0 atom stereocenters. The van der Waals surface area contributed by atoms with Gasteiger partial charge >= 0.3 is 12.0 Å². The zero-order valence-electron chi connectivity index (χ0n) is 10.9. The summed E-state index contributed by atoms with van der Waals surface area (Å²) in [6, 6.07) is 2.56. The third-order valence-corrected chi connectivity index (χ3v) is 2.47. The molecular weight excluding hydrogens is 250 g/mol. The molecule has 19 heavy (non-hydrogen) atoms. The Balaban J connectivity index is 2.62. The fourth-order valence-corrected chi connectivity index (χ4v) is 1.40. The van der Waals surface area contributed by atoms with Crippen molar-refractivity contribution >= 4 is 17.7 Å². The van der Waals surface area contributed by atoms with Crippen LogP contribution < -0.4 is 5.32 Å². The van der Waals surface area contributed by atoms with Crippen molar-refractivity contribution in [2.75, 3.05) is 32.1 Å². The van der Waals surface area contributed by atoms with Crippen molar-refractivity contribution in [1.82, 2.24) is 9.88 Å². The minimum atomic E-state index is -1.10. The van der Waals surface area contributed by atoms with Crippen molar-refractivity contribution in [3.05, 3.63) is 24.0 Å². The summed E-state index contributed by atoms with van der Waals surface area (Å²) in [6.07, 6.45) is 1.31. The number of aromatic carboxylic acids is 1. The third-order valence-electron chi connectivity index (χ3n) is 2.47. The number of carbonyl (C=O) groups is 2. The molecule has 0 saturated carbocycles. The number of carboxylic acids is 1. The highest BCUT2D eigenvalue weighted by molar-refractivity contribution is 5.90. The molecule has 0 spiro atoms. The number of ether oxygens (including phenoxy) is 1. The van der Waals surface area contributed by atoms with Gasteiger partial charge in [0.2, 0.25) is 0 Å². The van der Waals surface area contributed by atoms with Crippen molar-refractivity contribution in [2.45, 2.75) is 6.92 Å². The highest BCUT2D eigenvalue weighted by Crippen LogP contribution is 2.07. The first-order chi connectivity index (χ1) is 9.08. The summed E-state index contributed by atoms with van der Waals surface area (Å²) in [5, 5.41) is 11.4. The summed E-state index contributed by atoms with van der Waals surface area (Å²) >= 11 is 0. The smallest absolute Gasteiger partial charge is 0.354 e. The number of nitrogens with zero attached hydrogens (tertiary/aromatic N) is 2. The molecule has 0 saturated heterocycles. The van der Waals surface area contributed by atoms with E-state index in [-0.39, 0.29) is 11.7 Å². The van der Waals surface area contributed by atoms with Crippen LogP contribution in [0.5, 0.6) is 0 Å². The topological polar surface area (TPSA) is 91.8 Å². The van der Waals surface area contributed by atoms with Gasteiger partial charge in [0.1, 0.15) is 5.69 Å². The average molecular weight is 267 g/mol. The minimum Gasteiger partial charge on any atom is -0.477 e. The van der Waals surface area contributed by atoms with Crippen LogP contribution in [0.15, 0.2) is 18.3 Å². The van der Waals surface area contributed by atoms with Crippen molar-refractivity contribution in [3.8, 4) is 0 Å². The van der Waals surface area contributed by atoms with E-state index in [1.807, 2.05) is 6.92 Å². The summed E-state index contributed by atoms with van der Waals surface area (Å²) in [4.78, 5) is 27.8. The summed E-state index contributed by atoms with van der Waals surface area (Å²) in [6.45, 7) is 3.35. The van der Waals surface area contributed by atoms with Crippen molar-refractivity contribution in [3.63, 3.8) is 0 Å². The molecule has 0 aliphatic heterocycles. The van der Waals surface area contributed by atoms with Crippen LogP contribution in [0.4, 0.5) is 10.5 Å². The molecule has 2 amide bonds. The van der Waals surface area contributed by atoms with E-state index in [1.165, 1.54) is 18.3 Å². The number of carbonyl (C=O) groups excluding carboxylic acids is 1. The molecule has 0 bridgehead atoms. The van der Waals surface area contributed by atoms with Gasteiger partial charge in [-0.05, 0) is 19.1 Å². The Morgan fingerprint density at radius 2 is 2.21 bits per heavy atom. The Kier molecular flexibility index (Phi) is 5.74. The number of nitrogens with one attached hydrogen (secondary N) is 1. The molecule has 0 unspecified atom stereocenters. The Hall–Kier alpha value is -2.15. The van der Waals surface area contributed by atoms with E-state index in [4.69, 9.17) is 9.84 Å². The quantitative estimate of drug-likeness (QED) is 0.810. The maximum absolute atomic E-state index is 11.9. The van der Waals surface area contributed by atoms with E-state index in [1.54, 1.807) is 12.0 Å². The van der Waals surface area contributed by atoms with Gasteiger partial charge in [0.25, 0.3) is 0 Å². The molecule has 0 radical (unpaired) electrons. The number of hydrogen-bond acceptors (Lipinski definition) is 4. The second kappa shape index (κ2) is 7.32. The maximum atomic E-state index is 11.9. The zero-order valence-corrected chi connectivity index (χ0v) is 10.9. The van der Waals surface area contributed by atoms with Crippen LogP contribution in [-0.2, 0) is 4.74 Å². The van der Waals surface area contributed by atoms with Crippen LogP contribution >= 0.6 is 0 Å². The van der Waals surface area contributed by atoms with Crippen molar-refractivity contribution in [1.29, 1.82) is 0 Å². The molecule has 1 aromatic rings. The van der Waals surface area contributed by atoms with Gasteiger partial charge in [0, 0.05) is 20.2 Å². The first-order valence-electron chi connectivity index (χ1n) is 5.82. The van der Waals surface area contributed by atoms with E-state index < -0.39 is 5.97 Å². The molecule has 0 fully saturated rings. The lowest BCUT2D eigenvalue weighted by atomic mass is 10.3. The number of urea groups is 1. The van der Waals surface area contributed by atoms with Crippen molar-refractivity contribution < 1.29 is 19.4 Å². The molecule has 7 nitrogen and oxygen atoms in total. The van der Waals surface area contributed by atoms with Gasteiger partial charge in [-0.15, -0.1) is 0 Å². The van der Waals surface area contributed by atoms with Crippen LogP contribution in [0.1, 0.15) is 17.4 Å². The Morgan fingerprint density at radius 3 is 2.68 bits per heavy atom. The van der Waals surface area contributed by atoms with Gasteiger partial charge in [-0.2, -0.15) is 0 Å². The summed E-state index contributed by atoms with van der Waals surface area (Å²) < 4.78 is 4.92. The third kappa shape index (κ3) is 4.55. The van der Waals surface area contributed by atoms with Gasteiger partial charge in [0.05, 0.1) is 18.5 Å². The van der Waals surface area contributed by atoms with Crippen LogP contribution in [0.25, 0.3) is 0 Å². The van der Waals surface area contributed by atoms with Gasteiger partial charge in [-0.3, -0.25) is 0 Å². The Morgan fingerprint density at radius 1 is 1.47 bits per heavy atom. The summed E-state index contributed by atoms with van der Waals surface area (Å²) in [5.41, 5.74) is 0.385. The second-order valence-corrected chi connectivity index (χ2v) is 3.74. The van der Waals surface area contributed by atoms with Crippen LogP contribution in [0, 0.1) is 0 Å². The number of rotatable bonds is 6. The molecule has 7 heteroatoms. The van der Waals surface area contributed by atoms with Gasteiger partial charge in [-0.25, -0.2) is 14.6 Å². The fraction of sp³-hybridized carbons (Fsp3) is 0.417. The molecule has 1 heterocycles. The normalized spacial score (nSPS) is 10.0. The molecule has 0 aromatic carbocycles. The number of pyridine rings is 1.